The minimum atomic E-state index is 0.563. The van der Waals surface area contributed by atoms with Crippen molar-refractivity contribution in [2.24, 2.45) is 5.92 Å². The highest BCUT2D eigenvalue weighted by molar-refractivity contribution is 7.22. The van der Waals surface area contributed by atoms with Crippen molar-refractivity contribution in [1.82, 2.24) is 4.98 Å². The van der Waals surface area contributed by atoms with E-state index in [9.17, 15) is 0 Å². The summed E-state index contributed by atoms with van der Waals surface area (Å²) in [6, 6.07) is 6.44. The maximum absolute atomic E-state index is 6.00. The molecule has 0 spiro atoms. The Hall–Kier alpha value is -0.800. The molecular weight excluding hydrogens is 264 g/mol. The first-order valence-corrected chi connectivity index (χ1v) is 7.76. The zero-order valence-corrected chi connectivity index (χ0v) is 12.0. The van der Waals surface area contributed by atoms with Gasteiger partial charge in [0.15, 0.2) is 5.13 Å². The summed E-state index contributed by atoms with van der Waals surface area (Å²) in [6.45, 7) is 2.24. The Morgan fingerprint density at radius 2 is 2.33 bits per heavy atom. The molecule has 1 atom stereocenters. The molecule has 96 valence electrons. The lowest BCUT2D eigenvalue weighted by atomic mass is 10.1. The first-order chi connectivity index (χ1) is 8.74. The normalized spacial score (nSPS) is 17.0. The van der Waals surface area contributed by atoms with E-state index in [1.165, 1.54) is 19.3 Å². The van der Waals surface area contributed by atoms with Gasteiger partial charge in [-0.1, -0.05) is 42.7 Å². The molecule has 1 N–H and O–H groups in total. The van der Waals surface area contributed by atoms with Crippen molar-refractivity contribution >= 4 is 38.3 Å². The third-order valence-corrected chi connectivity index (χ3v) is 4.67. The van der Waals surface area contributed by atoms with Crippen molar-refractivity contribution < 1.29 is 0 Å². The zero-order chi connectivity index (χ0) is 12.5. The summed E-state index contributed by atoms with van der Waals surface area (Å²) in [5.41, 5.74) is 1.04. The Bertz CT molecular complexity index is 548. The van der Waals surface area contributed by atoms with E-state index in [-0.39, 0.29) is 0 Å². The number of thiazole rings is 1. The number of hydrogen-bond acceptors (Lipinski definition) is 3. The lowest BCUT2D eigenvalue weighted by molar-refractivity contribution is 0.587. The molecule has 0 aliphatic heterocycles. The molecule has 1 aliphatic carbocycles. The molecule has 0 bridgehead atoms. The van der Waals surface area contributed by atoms with Crippen LogP contribution in [0, 0.1) is 5.92 Å². The van der Waals surface area contributed by atoms with E-state index in [0.29, 0.717) is 6.04 Å². The number of rotatable bonds is 5. The molecule has 4 heteroatoms. The SMILES string of the molecule is CCC(CC1CC1)Nc1nc2ccc(Cl)cc2s1. The topological polar surface area (TPSA) is 24.9 Å². The number of benzene rings is 1. The van der Waals surface area contributed by atoms with Crippen LogP contribution >= 0.6 is 22.9 Å². The van der Waals surface area contributed by atoms with Crippen molar-refractivity contribution in [3.05, 3.63) is 23.2 Å². The Labute approximate surface area is 116 Å². The van der Waals surface area contributed by atoms with Crippen molar-refractivity contribution in [1.29, 1.82) is 0 Å². The van der Waals surface area contributed by atoms with Crippen LogP contribution in [0.25, 0.3) is 10.2 Å². The van der Waals surface area contributed by atoms with Crippen molar-refractivity contribution in [2.75, 3.05) is 5.32 Å². The molecule has 3 rings (SSSR count). The van der Waals surface area contributed by atoms with Crippen LogP contribution in [0.3, 0.4) is 0 Å². The van der Waals surface area contributed by atoms with Gasteiger partial charge in [0.25, 0.3) is 0 Å². The van der Waals surface area contributed by atoms with Gasteiger partial charge in [-0.2, -0.15) is 0 Å². The number of halogens is 1. The Balaban J connectivity index is 1.76. The quantitative estimate of drug-likeness (QED) is 0.839. The number of nitrogens with one attached hydrogen (secondary N) is 1. The number of anilines is 1. The maximum Gasteiger partial charge on any atom is 0.184 e. The monoisotopic (exact) mass is 280 g/mol. The van der Waals surface area contributed by atoms with Crippen molar-refractivity contribution in [3.63, 3.8) is 0 Å². The van der Waals surface area contributed by atoms with Gasteiger partial charge in [-0.15, -0.1) is 0 Å². The van der Waals surface area contributed by atoms with E-state index < -0.39 is 0 Å². The molecule has 1 unspecified atom stereocenters. The van der Waals surface area contributed by atoms with E-state index in [0.717, 1.165) is 32.7 Å². The second-order valence-corrected chi connectivity index (χ2v) is 6.53. The van der Waals surface area contributed by atoms with Gasteiger partial charge in [0.05, 0.1) is 10.2 Å². The Kier molecular flexibility index (Phi) is 3.44. The molecule has 0 amide bonds. The summed E-state index contributed by atoms with van der Waals surface area (Å²) in [6.07, 6.45) is 5.27. The third-order valence-electron chi connectivity index (χ3n) is 3.49. The molecule has 0 saturated heterocycles. The number of hydrogen-bond donors (Lipinski definition) is 1. The lowest BCUT2D eigenvalue weighted by Gasteiger charge is -2.15. The summed E-state index contributed by atoms with van der Waals surface area (Å²) in [7, 11) is 0. The van der Waals surface area contributed by atoms with Gasteiger partial charge < -0.3 is 5.32 Å². The van der Waals surface area contributed by atoms with Crippen LogP contribution < -0.4 is 5.32 Å². The van der Waals surface area contributed by atoms with Gasteiger partial charge in [0.1, 0.15) is 0 Å². The van der Waals surface area contributed by atoms with Crippen molar-refractivity contribution in [2.45, 2.75) is 38.6 Å². The van der Waals surface area contributed by atoms with Crippen LogP contribution in [0.2, 0.25) is 5.02 Å². The summed E-state index contributed by atoms with van der Waals surface area (Å²) < 4.78 is 1.16. The average Bonchev–Trinajstić information content (AvgIpc) is 3.07. The van der Waals surface area contributed by atoms with E-state index in [1.807, 2.05) is 18.2 Å². The van der Waals surface area contributed by atoms with E-state index in [2.05, 4.69) is 17.2 Å². The fraction of sp³-hybridized carbons (Fsp3) is 0.500. The molecule has 1 aromatic heterocycles. The number of nitrogens with zero attached hydrogens (tertiary/aromatic N) is 1. The molecule has 2 aromatic rings. The molecule has 1 aromatic carbocycles. The summed E-state index contributed by atoms with van der Waals surface area (Å²) in [4.78, 5) is 4.62. The Morgan fingerprint density at radius 1 is 1.50 bits per heavy atom. The minimum absolute atomic E-state index is 0.563. The number of aromatic nitrogens is 1. The molecule has 0 radical (unpaired) electrons. The largest absolute Gasteiger partial charge is 0.359 e. The van der Waals surface area contributed by atoms with Gasteiger partial charge in [0.2, 0.25) is 0 Å². The van der Waals surface area contributed by atoms with E-state index in [4.69, 9.17) is 11.6 Å². The highest BCUT2D eigenvalue weighted by Gasteiger charge is 2.25. The van der Waals surface area contributed by atoms with Crippen LogP contribution in [0.5, 0.6) is 0 Å². The highest BCUT2D eigenvalue weighted by atomic mass is 35.5. The van der Waals surface area contributed by atoms with Gasteiger partial charge in [-0.3, -0.25) is 0 Å². The van der Waals surface area contributed by atoms with Crippen molar-refractivity contribution in [3.8, 4) is 0 Å². The first kappa shape index (κ1) is 12.2. The van der Waals surface area contributed by atoms with Gasteiger partial charge in [-0.25, -0.2) is 4.98 Å². The molecule has 2 nitrogen and oxygen atoms in total. The van der Waals surface area contributed by atoms with E-state index in [1.54, 1.807) is 11.3 Å². The summed E-state index contributed by atoms with van der Waals surface area (Å²) >= 11 is 7.69. The minimum Gasteiger partial charge on any atom is -0.359 e. The fourth-order valence-corrected chi connectivity index (χ4v) is 3.44. The standard InChI is InChI=1S/C14H17ClN2S/c1-2-11(7-9-3-4-9)16-14-17-12-6-5-10(15)8-13(12)18-14/h5-6,8-9,11H,2-4,7H2,1H3,(H,16,17). The van der Waals surface area contributed by atoms with E-state index >= 15 is 0 Å². The van der Waals surface area contributed by atoms with Crippen LogP contribution in [-0.2, 0) is 0 Å². The van der Waals surface area contributed by atoms with Crippen LogP contribution in [0.15, 0.2) is 18.2 Å². The zero-order valence-electron chi connectivity index (χ0n) is 10.4. The summed E-state index contributed by atoms with van der Waals surface area (Å²) in [5.74, 6) is 0.950. The predicted octanol–water partition coefficient (Wildman–Crippen LogP) is 4.94. The second-order valence-electron chi connectivity index (χ2n) is 5.06. The molecule has 1 fully saturated rings. The Morgan fingerprint density at radius 3 is 3.06 bits per heavy atom. The van der Waals surface area contributed by atoms with Gasteiger partial charge >= 0.3 is 0 Å². The maximum atomic E-state index is 6.00. The molecule has 1 aliphatic rings. The highest BCUT2D eigenvalue weighted by Crippen LogP contribution is 2.35. The van der Waals surface area contributed by atoms with Gasteiger partial charge in [-0.05, 0) is 37.0 Å². The first-order valence-electron chi connectivity index (χ1n) is 6.57. The lowest BCUT2D eigenvalue weighted by Crippen LogP contribution is -2.18. The predicted molar refractivity (Wildman–Crippen MR) is 79.7 cm³/mol. The average molecular weight is 281 g/mol. The van der Waals surface area contributed by atoms with Crippen LogP contribution in [0.1, 0.15) is 32.6 Å². The number of fused-ring (bicyclic) bond motifs is 1. The van der Waals surface area contributed by atoms with Crippen LogP contribution in [-0.4, -0.2) is 11.0 Å². The molecule has 1 heterocycles. The second kappa shape index (κ2) is 5.06. The fourth-order valence-electron chi connectivity index (χ4n) is 2.22. The smallest absolute Gasteiger partial charge is 0.184 e. The molecule has 1 saturated carbocycles. The summed E-state index contributed by atoms with van der Waals surface area (Å²) in [5, 5.41) is 5.38. The third kappa shape index (κ3) is 2.78. The van der Waals surface area contributed by atoms with Gasteiger partial charge in [0, 0.05) is 11.1 Å². The molecule has 18 heavy (non-hydrogen) atoms. The van der Waals surface area contributed by atoms with Crippen LogP contribution in [0.4, 0.5) is 5.13 Å². The molecular formula is C14H17ClN2S.